The molecule has 0 aromatic carbocycles. The Kier molecular flexibility index (Phi) is 5.23. The summed E-state index contributed by atoms with van der Waals surface area (Å²) in [7, 11) is 0. The van der Waals surface area contributed by atoms with Crippen LogP contribution in [0.25, 0.3) is 0 Å². The molecule has 2 saturated heterocycles. The molecule has 0 saturated carbocycles. The minimum Gasteiger partial charge on any atom is -0.341 e. The highest BCUT2D eigenvalue weighted by Crippen LogP contribution is 2.17. The summed E-state index contributed by atoms with van der Waals surface area (Å²) in [4.78, 5) is 28.0. The zero-order chi connectivity index (χ0) is 13.7. The molecule has 2 fully saturated rings. The van der Waals surface area contributed by atoms with E-state index in [9.17, 15) is 9.59 Å². The van der Waals surface area contributed by atoms with Crippen LogP contribution in [0.15, 0.2) is 0 Å². The lowest BCUT2D eigenvalue weighted by Gasteiger charge is -2.33. The maximum Gasteiger partial charge on any atom is 0.242 e. The van der Waals surface area contributed by atoms with E-state index in [4.69, 9.17) is 0 Å². The first-order valence-corrected chi connectivity index (χ1v) is 7.72. The monoisotopic (exact) mass is 266 g/mol. The van der Waals surface area contributed by atoms with Gasteiger partial charge in [0.15, 0.2) is 0 Å². The van der Waals surface area contributed by atoms with Crippen molar-refractivity contribution in [3.05, 3.63) is 0 Å². The number of nitrogens with zero attached hydrogens (tertiary/aromatic N) is 2. The minimum atomic E-state index is 0.140. The second kappa shape index (κ2) is 6.92. The second-order valence-corrected chi connectivity index (χ2v) is 6.04. The Hall–Kier alpha value is -1.06. The Morgan fingerprint density at radius 2 is 1.79 bits per heavy atom. The largest absolute Gasteiger partial charge is 0.341 e. The normalized spacial score (nSPS) is 23.1. The van der Waals surface area contributed by atoms with Crippen molar-refractivity contribution in [2.75, 3.05) is 26.2 Å². The van der Waals surface area contributed by atoms with Gasteiger partial charge in [-0.3, -0.25) is 9.59 Å². The predicted molar refractivity (Wildman–Crippen MR) is 74.6 cm³/mol. The Morgan fingerprint density at radius 3 is 2.53 bits per heavy atom. The zero-order valence-electron chi connectivity index (χ0n) is 12.1. The topological polar surface area (TPSA) is 40.6 Å². The highest BCUT2D eigenvalue weighted by Gasteiger charge is 2.24. The van der Waals surface area contributed by atoms with E-state index in [1.165, 1.54) is 6.42 Å². The van der Waals surface area contributed by atoms with E-state index < -0.39 is 0 Å². The SMILES string of the molecule is CC1CCN(C(=O)CN2CCCCCCC2=O)CC1. The van der Waals surface area contributed by atoms with Gasteiger partial charge in [0.05, 0.1) is 6.54 Å². The second-order valence-electron chi connectivity index (χ2n) is 6.04. The van der Waals surface area contributed by atoms with Crippen LogP contribution in [0.1, 0.15) is 51.9 Å². The molecule has 0 aliphatic carbocycles. The summed E-state index contributed by atoms with van der Waals surface area (Å²) in [6, 6.07) is 0. The fourth-order valence-corrected chi connectivity index (χ4v) is 2.90. The summed E-state index contributed by atoms with van der Waals surface area (Å²) in [6.45, 7) is 5.02. The lowest BCUT2D eigenvalue weighted by atomic mass is 9.99. The van der Waals surface area contributed by atoms with Gasteiger partial charge in [-0.15, -0.1) is 0 Å². The third-order valence-electron chi connectivity index (χ3n) is 4.38. The van der Waals surface area contributed by atoms with Crippen LogP contribution in [0.2, 0.25) is 0 Å². The van der Waals surface area contributed by atoms with E-state index in [1.54, 1.807) is 4.90 Å². The number of piperidine rings is 1. The van der Waals surface area contributed by atoms with Crippen molar-refractivity contribution in [3.8, 4) is 0 Å². The molecule has 2 heterocycles. The van der Waals surface area contributed by atoms with Gasteiger partial charge in [0.25, 0.3) is 0 Å². The van der Waals surface area contributed by atoms with Crippen molar-refractivity contribution in [1.82, 2.24) is 9.80 Å². The van der Waals surface area contributed by atoms with E-state index in [0.717, 1.165) is 57.7 Å². The van der Waals surface area contributed by atoms with Gasteiger partial charge in [0.1, 0.15) is 0 Å². The molecule has 0 aromatic heterocycles. The predicted octanol–water partition coefficient (Wildman–Crippen LogP) is 2.04. The molecule has 2 aliphatic rings. The van der Waals surface area contributed by atoms with Gasteiger partial charge in [0.2, 0.25) is 11.8 Å². The standard InChI is InChI=1S/C15H26N2O2/c1-13-7-10-16(11-8-13)15(19)12-17-9-5-3-2-4-6-14(17)18/h13H,2-12H2,1H3. The third kappa shape index (κ3) is 4.22. The number of likely N-dealkylation sites (tertiary alicyclic amines) is 2. The van der Waals surface area contributed by atoms with Gasteiger partial charge in [-0.2, -0.15) is 0 Å². The lowest BCUT2D eigenvalue weighted by Crippen LogP contribution is -2.46. The van der Waals surface area contributed by atoms with E-state index in [2.05, 4.69) is 6.92 Å². The fourth-order valence-electron chi connectivity index (χ4n) is 2.90. The number of carbonyl (C=O) groups excluding carboxylic acids is 2. The molecule has 0 unspecified atom stereocenters. The maximum absolute atomic E-state index is 12.2. The molecule has 0 aromatic rings. The van der Waals surface area contributed by atoms with E-state index >= 15 is 0 Å². The summed E-state index contributed by atoms with van der Waals surface area (Å²) in [6.07, 6.45) is 7.15. The summed E-state index contributed by atoms with van der Waals surface area (Å²) < 4.78 is 0. The van der Waals surface area contributed by atoms with Gasteiger partial charge in [0, 0.05) is 26.1 Å². The van der Waals surface area contributed by atoms with E-state index in [0.29, 0.717) is 13.0 Å². The van der Waals surface area contributed by atoms with Crippen LogP contribution in [0.4, 0.5) is 0 Å². The average Bonchev–Trinajstić information content (AvgIpc) is 2.39. The molecule has 108 valence electrons. The summed E-state index contributed by atoms with van der Waals surface area (Å²) in [5.74, 6) is 1.03. The van der Waals surface area contributed by atoms with Crippen molar-refractivity contribution in [2.45, 2.75) is 51.9 Å². The molecule has 19 heavy (non-hydrogen) atoms. The van der Waals surface area contributed by atoms with Crippen LogP contribution in [-0.4, -0.2) is 47.8 Å². The smallest absolute Gasteiger partial charge is 0.242 e. The maximum atomic E-state index is 12.2. The molecule has 0 atom stereocenters. The molecule has 0 radical (unpaired) electrons. The van der Waals surface area contributed by atoms with Gasteiger partial charge >= 0.3 is 0 Å². The summed E-state index contributed by atoms with van der Waals surface area (Å²) >= 11 is 0. The van der Waals surface area contributed by atoms with Crippen LogP contribution in [0.3, 0.4) is 0 Å². The fraction of sp³-hybridized carbons (Fsp3) is 0.867. The van der Waals surface area contributed by atoms with Crippen LogP contribution in [0.5, 0.6) is 0 Å². The summed E-state index contributed by atoms with van der Waals surface area (Å²) in [5, 5.41) is 0. The molecule has 4 nitrogen and oxygen atoms in total. The quantitative estimate of drug-likeness (QED) is 0.767. The Balaban J connectivity index is 1.84. The number of amides is 2. The Labute approximate surface area is 116 Å². The van der Waals surface area contributed by atoms with Crippen LogP contribution >= 0.6 is 0 Å². The molecular weight excluding hydrogens is 240 g/mol. The third-order valence-corrected chi connectivity index (χ3v) is 4.38. The van der Waals surface area contributed by atoms with E-state index in [-0.39, 0.29) is 11.8 Å². The molecule has 2 aliphatic heterocycles. The highest BCUT2D eigenvalue weighted by molar-refractivity contribution is 5.84. The Morgan fingerprint density at radius 1 is 1.11 bits per heavy atom. The van der Waals surface area contributed by atoms with Crippen LogP contribution in [0, 0.1) is 5.92 Å². The average molecular weight is 266 g/mol. The first kappa shape index (κ1) is 14.4. The van der Waals surface area contributed by atoms with E-state index in [1.807, 2.05) is 4.90 Å². The summed E-state index contributed by atoms with van der Waals surface area (Å²) in [5.41, 5.74) is 0. The van der Waals surface area contributed by atoms with Crippen LogP contribution < -0.4 is 0 Å². The van der Waals surface area contributed by atoms with Crippen molar-refractivity contribution in [3.63, 3.8) is 0 Å². The minimum absolute atomic E-state index is 0.140. The van der Waals surface area contributed by atoms with Gasteiger partial charge in [-0.05, 0) is 31.6 Å². The van der Waals surface area contributed by atoms with Crippen molar-refractivity contribution in [2.24, 2.45) is 5.92 Å². The van der Waals surface area contributed by atoms with Gasteiger partial charge in [-0.1, -0.05) is 19.8 Å². The molecule has 2 amide bonds. The molecule has 0 bridgehead atoms. The number of hydrogen-bond acceptors (Lipinski definition) is 2. The zero-order valence-corrected chi connectivity index (χ0v) is 12.1. The van der Waals surface area contributed by atoms with Gasteiger partial charge in [-0.25, -0.2) is 0 Å². The molecule has 4 heteroatoms. The first-order chi connectivity index (χ1) is 9.16. The molecule has 0 N–H and O–H groups in total. The van der Waals surface area contributed by atoms with Crippen molar-refractivity contribution in [1.29, 1.82) is 0 Å². The Bertz CT molecular complexity index is 322. The van der Waals surface area contributed by atoms with Crippen molar-refractivity contribution < 1.29 is 9.59 Å². The highest BCUT2D eigenvalue weighted by atomic mass is 16.2. The van der Waals surface area contributed by atoms with Gasteiger partial charge < -0.3 is 9.80 Å². The number of carbonyl (C=O) groups is 2. The lowest BCUT2D eigenvalue weighted by molar-refractivity contribution is -0.141. The molecule has 0 spiro atoms. The number of rotatable bonds is 2. The molecule has 2 rings (SSSR count). The molecular formula is C15H26N2O2. The number of hydrogen-bond donors (Lipinski definition) is 0. The van der Waals surface area contributed by atoms with Crippen LogP contribution in [-0.2, 0) is 9.59 Å². The first-order valence-electron chi connectivity index (χ1n) is 7.72. The van der Waals surface area contributed by atoms with Crippen molar-refractivity contribution >= 4 is 11.8 Å².